The first-order chi connectivity index (χ1) is 45.6. The second kappa shape index (κ2) is 65.4. The summed E-state index contributed by atoms with van der Waals surface area (Å²) in [6, 6.07) is 0. The highest BCUT2D eigenvalue weighted by atomic mass is 31.2. The Morgan fingerprint density at radius 1 is 0.295 bits per heavy atom. The number of aliphatic hydroxyl groups is 1. The van der Waals surface area contributed by atoms with Gasteiger partial charge in [-0.3, -0.25) is 37.3 Å². The Balaban J connectivity index is 5.26. The highest BCUT2D eigenvalue weighted by Gasteiger charge is 2.30. The first-order valence-corrected chi connectivity index (χ1v) is 42.2. The summed E-state index contributed by atoms with van der Waals surface area (Å²) in [6.07, 6.45) is 49.9. The number of hydrogen-bond acceptors (Lipinski definition) is 15. The summed E-state index contributed by atoms with van der Waals surface area (Å²) in [5, 5.41) is 10.6. The van der Waals surface area contributed by atoms with Gasteiger partial charge in [0.1, 0.15) is 19.3 Å². The van der Waals surface area contributed by atoms with Crippen LogP contribution in [0.15, 0.2) is 0 Å². The lowest BCUT2D eigenvalue weighted by molar-refractivity contribution is -0.161. The number of phosphoric acid groups is 2. The van der Waals surface area contributed by atoms with Crippen molar-refractivity contribution in [2.75, 3.05) is 39.6 Å². The van der Waals surface area contributed by atoms with E-state index in [0.29, 0.717) is 31.6 Å². The fourth-order valence-electron chi connectivity index (χ4n) is 11.5. The first-order valence-electron chi connectivity index (χ1n) is 39.2. The average Bonchev–Trinajstić information content (AvgIpc) is 2.02. The van der Waals surface area contributed by atoms with Gasteiger partial charge in [0.05, 0.1) is 26.4 Å². The molecule has 0 aromatic carbocycles. The van der Waals surface area contributed by atoms with Gasteiger partial charge in [0.15, 0.2) is 12.2 Å². The fourth-order valence-corrected chi connectivity index (χ4v) is 13.1. The van der Waals surface area contributed by atoms with E-state index in [-0.39, 0.29) is 25.7 Å². The molecule has 3 N–H and O–H groups in total. The number of unbranched alkanes of at least 4 members (excludes halogenated alkanes) is 38. The zero-order valence-electron chi connectivity index (χ0n) is 62.3. The molecule has 0 bridgehead atoms. The van der Waals surface area contributed by atoms with Crippen molar-refractivity contribution in [1.29, 1.82) is 0 Å². The number of carbonyl (C=O) groups is 4. The first kappa shape index (κ1) is 93.1. The molecular formula is C76H148O17P2. The second-order valence-electron chi connectivity index (χ2n) is 29.1. The molecule has 0 aromatic rings. The van der Waals surface area contributed by atoms with Crippen LogP contribution in [-0.4, -0.2) is 96.7 Å². The van der Waals surface area contributed by atoms with E-state index in [2.05, 4.69) is 55.4 Å². The Hall–Kier alpha value is -1.94. The third-order valence-electron chi connectivity index (χ3n) is 17.9. The topological polar surface area (TPSA) is 237 Å². The highest BCUT2D eigenvalue weighted by molar-refractivity contribution is 7.47. The van der Waals surface area contributed by atoms with Crippen LogP contribution in [0.1, 0.15) is 383 Å². The summed E-state index contributed by atoms with van der Waals surface area (Å²) >= 11 is 0. The van der Waals surface area contributed by atoms with Crippen molar-refractivity contribution >= 4 is 39.5 Å². The molecule has 0 aliphatic heterocycles. The monoisotopic (exact) mass is 1400 g/mol. The number of aliphatic hydroxyl groups excluding tert-OH is 1. The molecule has 19 heteroatoms. The summed E-state index contributed by atoms with van der Waals surface area (Å²) in [5.74, 6) is 0.956. The van der Waals surface area contributed by atoms with Crippen molar-refractivity contribution in [3.05, 3.63) is 0 Å². The van der Waals surface area contributed by atoms with Crippen LogP contribution in [-0.2, 0) is 65.4 Å². The summed E-state index contributed by atoms with van der Waals surface area (Å²) in [5.41, 5.74) is 0. The smallest absolute Gasteiger partial charge is 0.462 e. The zero-order valence-corrected chi connectivity index (χ0v) is 64.1. The van der Waals surface area contributed by atoms with Crippen LogP contribution in [0.5, 0.6) is 0 Å². The molecule has 0 rings (SSSR count). The predicted octanol–water partition coefficient (Wildman–Crippen LogP) is 22.0. The van der Waals surface area contributed by atoms with Gasteiger partial charge < -0.3 is 33.8 Å². The molecule has 6 atom stereocenters. The van der Waals surface area contributed by atoms with E-state index >= 15 is 0 Å². The van der Waals surface area contributed by atoms with Gasteiger partial charge in [0, 0.05) is 25.7 Å². The minimum Gasteiger partial charge on any atom is -0.462 e. The quantitative estimate of drug-likeness (QED) is 0.0222. The number of hydrogen-bond donors (Lipinski definition) is 3. The maximum absolute atomic E-state index is 13.1. The average molecular weight is 1400 g/mol. The van der Waals surface area contributed by atoms with E-state index in [4.69, 9.17) is 37.0 Å². The molecular weight excluding hydrogens is 1250 g/mol. The van der Waals surface area contributed by atoms with E-state index in [1.807, 2.05) is 0 Å². The Labute approximate surface area is 581 Å². The van der Waals surface area contributed by atoms with E-state index < -0.39 is 97.5 Å². The number of ether oxygens (including phenoxy) is 4. The lowest BCUT2D eigenvalue weighted by Gasteiger charge is -2.21. The van der Waals surface area contributed by atoms with Crippen LogP contribution in [0.4, 0.5) is 0 Å². The fraction of sp³-hybridized carbons (Fsp3) is 0.947. The van der Waals surface area contributed by atoms with Crippen LogP contribution < -0.4 is 0 Å². The zero-order chi connectivity index (χ0) is 70.3. The van der Waals surface area contributed by atoms with Gasteiger partial charge in [-0.1, -0.05) is 331 Å². The van der Waals surface area contributed by atoms with Crippen LogP contribution >= 0.6 is 15.6 Å². The molecule has 0 radical (unpaired) electrons. The maximum Gasteiger partial charge on any atom is 0.472 e. The van der Waals surface area contributed by atoms with Crippen molar-refractivity contribution in [3.8, 4) is 0 Å². The number of rotatable bonds is 73. The molecule has 95 heavy (non-hydrogen) atoms. The number of phosphoric ester groups is 2. The standard InChI is InChI=1S/C76H148O17P2/c1-9-69(8)55-47-39-31-23-19-20-26-34-43-51-59-76(81)92-71(62-86-73(78)56-48-40-32-24-17-14-13-16-22-29-37-45-53-67(4)5)64-90-94(82,83)88-60-70(77)61-89-95(84,85)91-65-72(63-87-74(79)57-49-41-35-27-30-38-46-54-68(6)7)93-75(80)58-50-42-33-25-18-12-10-11-15-21-28-36-44-52-66(2)3/h66-72,77H,9-65H2,1-8H3,(H,82,83)(H,84,85)/t69?,70?,71-,72-/m1/s1. The molecule has 0 aromatic heterocycles. The van der Waals surface area contributed by atoms with E-state index in [1.165, 1.54) is 180 Å². The molecule has 17 nitrogen and oxygen atoms in total. The minimum absolute atomic E-state index is 0.106. The Morgan fingerprint density at radius 2 is 0.505 bits per heavy atom. The van der Waals surface area contributed by atoms with Crippen LogP contribution in [0.2, 0.25) is 0 Å². The highest BCUT2D eigenvalue weighted by Crippen LogP contribution is 2.45. The van der Waals surface area contributed by atoms with Gasteiger partial charge in [0.2, 0.25) is 0 Å². The Bertz CT molecular complexity index is 1870. The Kier molecular flexibility index (Phi) is 64.0. The normalized spacial score (nSPS) is 14.4. The van der Waals surface area contributed by atoms with Gasteiger partial charge in [-0.15, -0.1) is 0 Å². The summed E-state index contributed by atoms with van der Waals surface area (Å²) in [6.45, 7) is 14.2. The second-order valence-corrected chi connectivity index (χ2v) is 32.0. The molecule has 0 amide bonds. The minimum atomic E-state index is -4.96. The molecule has 0 aliphatic rings. The lowest BCUT2D eigenvalue weighted by Crippen LogP contribution is -2.30. The van der Waals surface area contributed by atoms with Crippen LogP contribution in [0, 0.1) is 23.7 Å². The van der Waals surface area contributed by atoms with Gasteiger partial charge in [-0.25, -0.2) is 9.13 Å². The van der Waals surface area contributed by atoms with E-state index in [1.54, 1.807) is 0 Å². The molecule has 0 fully saturated rings. The number of carbonyl (C=O) groups excluding carboxylic acids is 4. The predicted molar refractivity (Wildman–Crippen MR) is 386 cm³/mol. The molecule has 0 aliphatic carbocycles. The SMILES string of the molecule is CCC(C)CCCCCCCCCCCCC(=O)O[C@H](COC(=O)CCCCCCCCCCCCCCC(C)C)COP(=O)(O)OCC(O)COP(=O)(O)OC[C@@H](COC(=O)CCCCCCCCCC(C)C)OC(=O)CCCCCCCCCCCCCCCC(C)C. The van der Waals surface area contributed by atoms with Crippen LogP contribution in [0.3, 0.4) is 0 Å². The van der Waals surface area contributed by atoms with Crippen molar-refractivity contribution in [2.24, 2.45) is 23.7 Å². The summed E-state index contributed by atoms with van der Waals surface area (Å²) in [4.78, 5) is 72.8. The third kappa shape index (κ3) is 69.0. The van der Waals surface area contributed by atoms with Crippen LogP contribution in [0.25, 0.3) is 0 Å². The van der Waals surface area contributed by atoms with Crippen molar-refractivity contribution in [2.45, 2.75) is 401 Å². The molecule has 4 unspecified atom stereocenters. The Morgan fingerprint density at radius 3 is 0.747 bits per heavy atom. The lowest BCUT2D eigenvalue weighted by atomic mass is 9.99. The number of esters is 4. The molecule has 0 spiro atoms. The van der Waals surface area contributed by atoms with E-state index in [0.717, 1.165) is 114 Å². The maximum atomic E-state index is 13.1. The molecule has 0 saturated heterocycles. The summed E-state index contributed by atoms with van der Waals surface area (Å²) < 4.78 is 68.5. The van der Waals surface area contributed by atoms with E-state index in [9.17, 15) is 43.2 Å². The van der Waals surface area contributed by atoms with Gasteiger partial charge in [-0.2, -0.15) is 0 Å². The van der Waals surface area contributed by atoms with Gasteiger partial charge in [0.25, 0.3) is 0 Å². The van der Waals surface area contributed by atoms with Gasteiger partial charge >= 0.3 is 39.5 Å². The summed E-state index contributed by atoms with van der Waals surface area (Å²) in [7, 11) is -9.91. The largest absolute Gasteiger partial charge is 0.472 e. The van der Waals surface area contributed by atoms with Gasteiger partial charge in [-0.05, 0) is 49.4 Å². The third-order valence-corrected chi connectivity index (χ3v) is 19.8. The molecule has 0 heterocycles. The van der Waals surface area contributed by atoms with Crippen molar-refractivity contribution < 1.29 is 80.2 Å². The molecule has 564 valence electrons. The van der Waals surface area contributed by atoms with Crippen molar-refractivity contribution in [3.63, 3.8) is 0 Å². The van der Waals surface area contributed by atoms with Crippen molar-refractivity contribution in [1.82, 2.24) is 0 Å². The molecule has 0 saturated carbocycles.